The van der Waals surface area contributed by atoms with Crippen LogP contribution in [0.25, 0.3) is 0 Å². The van der Waals surface area contributed by atoms with Gasteiger partial charge in [0.25, 0.3) is 0 Å². The number of aliphatic imine (C=N–C) groups is 1. The fourth-order valence-electron chi connectivity index (χ4n) is 3.18. The summed E-state index contributed by atoms with van der Waals surface area (Å²) in [7, 11) is 0. The molecule has 22 heavy (non-hydrogen) atoms. The number of likely N-dealkylation sites (tertiary alicyclic amines) is 1. The van der Waals surface area contributed by atoms with Gasteiger partial charge in [0.15, 0.2) is 5.96 Å². The van der Waals surface area contributed by atoms with Gasteiger partial charge in [-0.15, -0.1) is 0 Å². The molecule has 120 valence electrons. The summed E-state index contributed by atoms with van der Waals surface area (Å²) in [5.74, 6) is 1.84. The zero-order valence-electron chi connectivity index (χ0n) is 13.6. The highest BCUT2D eigenvalue weighted by atomic mass is 15.2. The Kier molecular flexibility index (Phi) is 5.33. The number of nitrogens with zero attached hydrogens (tertiary/aromatic N) is 2. The molecular weight excluding hydrogens is 272 g/mol. The standard InChI is InChI=1S/C18H28N4/c1-15-7-11-22(12-8-15)14-17-6-3-2-5-16(17)13-21-18-19-9-4-10-20-18/h2-3,5-6,15H,4,7-14H2,1H3,(H2,19,20,21). The van der Waals surface area contributed by atoms with E-state index in [1.54, 1.807) is 0 Å². The van der Waals surface area contributed by atoms with Crippen molar-refractivity contribution < 1.29 is 0 Å². The molecule has 0 aromatic heterocycles. The van der Waals surface area contributed by atoms with Crippen molar-refractivity contribution in [3.8, 4) is 0 Å². The Morgan fingerprint density at radius 2 is 2.00 bits per heavy atom. The lowest BCUT2D eigenvalue weighted by Gasteiger charge is -2.30. The first-order valence-corrected chi connectivity index (χ1v) is 8.62. The molecule has 1 saturated heterocycles. The Labute approximate surface area is 134 Å². The van der Waals surface area contributed by atoms with Crippen LogP contribution in [-0.2, 0) is 13.1 Å². The molecule has 0 saturated carbocycles. The summed E-state index contributed by atoms with van der Waals surface area (Å²) in [6.45, 7) is 8.72. The molecule has 4 heteroatoms. The number of hydrogen-bond donors (Lipinski definition) is 2. The van der Waals surface area contributed by atoms with Crippen LogP contribution in [0.4, 0.5) is 0 Å². The van der Waals surface area contributed by atoms with E-state index < -0.39 is 0 Å². The second kappa shape index (κ2) is 7.63. The van der Waals surface area contributed by atoms with Crippen LogP contribution >= 0.6 is 0 Å². The van der Waals surface area contributed by atoms with E-state index in [0.29, 0.717) is 0 Å². The molecule has 1 aromatic rings. The lowest BCUT2D eigenvalue weighted by Crippen LogP contribution is -2.40. The third kappa shape index (κ3) is 4.23. The minimum Gasteiger partial charge on any atom is -0.356 e. The van der Waals surface area contributed by atoms with E-state index in [-0.39, 0.29) is 0 Å². The normalized spacial score (nSPS) is 20.3. The molecule has 1 aromatic carbocycles. The molecule has 4 nitrogen and oxygen atoms in total. The summed E-state index contributed by atoms with van der Waals surface area (Å²) in [5.41, 5.74) is 2.83. The molecule has 2 aliphatic rings. The van der Waals surface area contributed by atoms with Gasteiger partial charge >= 0.3 is 0 Å². The third-order valence-electron chi connectivity index (χ3n) is 4.73. The minimum atomic E-state index is 0.853. The van der Waals surface area contributed by atoms with E-state index in [1.165, 1.54) is 37.1 Å². The number of piperidine rings is 1. The number of nitrogens with one attached hydrogen (secondary N) is 2. The third-order valence-corrected chi connectivity index (χ3v) is 4.73. The summed E-state index contributed by atoms with van der Waals surface area (Å²) in [6.07, 6.45) is 3.80. The molecule has 0 aliphatic carbocycles. The van der Waals surface area contributed by atoms with Gasteiger partial charge in [-0.1, -0.05) is 31.2 Å². The minimum absolute atomic E-state index is 0.853. The smallest absolute Gasteiger partial charge is 0.191 e. The van der Waals surface area contributed by atoms with Crippen LogP contribution in [0.3, 0.4) is 0 Å². The fraction of sp³-hybridized carbons (Fsp3) is 0.611. The van der Waals surface area contributed by atoms with Crippen LogP contribution in [0.5, 0.6) is 0 Å². The highest BCUT2D eigenvalue weighted by Gasteiger charge is 2.16. The maximum Gasteiger partial charge on any atom is 0.191 e. The van der Waals surface area contributed by atoms with E-state index in [4.69, 9.17) is 0 Å². The van der Waals surface area contributed by atoms with Crippen molar-refractivity contribution in [2.24, 2.45) is 10.9 Å². The van der Waals surface area contributed by atoms with Gasteiger partial charge in [-0.3, -0.25) is 9.89 Å². The fourth-order valence-corrected chi connectivity index (χ4v) is 3.18. The second-order valence-electron chi connectivity index (χ2n) is 6.59. The zero-order valence-corrected chi connectivity index (χ0v) is 13.6. The maximum atomic E-state index is 4.48. The second-order valence-corrected chi connectivity index (χ2v) is 6.59. The lowest BCUT2D eigenvalue weighted by molar-refractivity contribution is 0.185. The molecule has 0 amide bonds. The van der Waals surface area contributed by atoms with Crippen molar-refractivity contribution >= 4 is 5.96 Å². The van der Waals surface area contributed by atoms with Crippen LogP contribution in [0.15, 0.2) is 29.3 Å². The summed E-state index contributed by atoms with van der Waals surface area (Å²) in [6, 6.07) is 8.79. The average Bonchev–Trinajstić information content (AvgIpc) is 2.57. The van der Waals surface area contributed by atoms with Crippen LogP contribution in [-0.4, -0.2) is 37.0 Å². The highest BCUT2D eigenvalue weighted by molar-refractivity contribution is 5.80. The van der Waals surface area contributed by atoms with Crippen LogP contribution < -0.4 is 10.6 Å². The molecule has 2 N–H and O–H groups in total. The molecule has 2 aliphatic heterocycles. The monoisotopic (exact) mass is 300 g/mol. The number of guanidine groups is 1. The predicted octanol–water partition coefficient (Wildman–Crippen LogP) is 2.36. The predicted molar refractivity (Wildman–Crippen MR) is 91.9 cm³/mol. The molecule has 3 rings (SSSR count). The Bertz CT molecular complexity index is 504. The van der Waals surface area contributed by atoms with Gasteiger partial charge in [-0.05, 0) is 49.4 Å². The van der Waals surface area contributed by atoms with Crippen molar-refractivity contribution in [2.75, 3.05) is 26.2 Å². The summed E-state index contributed by atoms with van der Waals surface area (Å²) in [4.78, 5) is 7.07. The molecule has 0 bridgehead atoms. The van der Waals surface area contributed by atoms with Gasteiger partial charge in [0.1, 0.15) is 0 Å². The SMILES string of the molecule is CC1CCN(Cc2ccccc2CNC2=NCCCN2)CC1. The zero-order chi connectivity index (χ0) is 15.2. The van der Waals surface area contributed by atoms with Crippen molar-refractivity contribution in [3.05, 3.63) is 35.4 Å². The van der Waals surface area contributed by atoms with Gasteiger partial charge in [-0.2, -0.15) is 0 Å². The largest absolute Gasteiger partial charge is 0.356 e. The number of hydrogen-bond acceptors (Lipinski definition) is 4. The Balaban J connectivity index is 1.58. The molecule has 1 fully saturated rings. The van der Waals surface area contributed by atoms with Gasteiger partial charge < -0.3 is 10.6 Å². The van der Waals surface area contributed by atoms with Crippen LogP contribution in [0.2, 0.25) is 0 Å². The lowest BCUT2D eigenvalue weighted by atomic mass is 9.98. The molecule has 0 radical (unpaired) electrons. The van der Waals surface area contributed by atoms with E-state index in [9.17, 15) is 0 Å². The summed E-state index contributed by atoms with van der Waals surface area (Å²) in [5, 5.41) is 6.77. The van der Waals surface area contributed by atoms with Crippen molar-refractivity contribution in [3.63, 3.8) is 0 Å². The summed E-state index contributed by atoms with van der Waals surface area (Å²) >= 11 is 0. The molecule has 0 spiro atoms. The molecule has 0 unspecified atom stereocenters. The van der Waals surface area contributed by atoms with E-state index in [2.05, 4.69) is 51.7 Å². The van der Waals surface area contributed by atoms with Crippen molar-refractivity contribution in [2.45, 2.75) is 39.3 Å². The van der Waals surface area contributed by atoms with E-state index >= 15 is 0 Å². The molecule has 0 atom stereocenters. The van der Waals surface area contributed by atoms with Gasteiger partial charge in [0, 0.05) is 26.2 Å². The first kappa shape index (κ1) is 15.3. The van der Waals surface area contributed by atoms with E-state index in [0.717, 1.165) is 44.5 Å². The first-order valence-electron chi connectivity index (χ1n) is 8.62. The highest BCUT2D eigenvalue weighted by Crippen LogP contribution is 2.19. The van der Waals surface area contributed by atoms with E-state index in [1.807, 2.05) is 0 Å². The van der Waals surface area contributed by atoms with Crippen LogP contribution in [0, 0.1) is 5.92 Å². The van der Waals surface area contributed by atoms with Crippen molar-refractivity contribution in [1.29, 1.82) is 0 Å². The van der Waals surface area contributed by atoms with Gasteiger partial charge in [0.2, 0.25) is 0 Å². The van der Waals surface area contributed by atoms with Crippen LogP contribution in [0.1, 0.15) is 37.3 Å². The molecule has 2 heterocycles. The van der Waals surface area contributed by atoms with Gasteiger partial charge in [0.05, 0.1) is 0 Å². The average molecular weight is 300 g/mol. The van der Waals surface area contributed by atoms with Crippen molar-refractivity contribution in [1.82, 2.24) is 15.5 Å². The van der Waals surface area contributed by atoms with Gasteiger partial charge in [-0.25, -0.2) is 0 Å². The topological polar surface area (TPSA) is 39.7 Å². The maximum absolute atomic E-state index is 4.48. The molecular formula is C18H28N4. The number of rotatable bonds is 4. The number of benzene rings is 1. The Morgan fingerprint density at radius 1 is 1.23 bits per heavy atom. The first-order chi connectivity index (χ1) is 10.8. The Hall–Kier alpha value is -1.55. The quantitative estimate of drug-likeness (QED) is 0.897. The summed E-state index contributed by atoms with van der Waals surface area (Å²) < 4.78 is 0. The Morgan fingerprint density at radius 3 is 2.73 bits per heavy atom.